The molecule has 1 aromatic heterocycles. The number of amides is 2. The second-order valence-corrected chi connectivity index (χ2v) is 4.92. The number of hydrogen-bond donors (Lipinski definition) is 2. The van der Waals surface area contributed by atoms with Crippen LogP contribution in [0.3, 0.4) is 0 Å². The second-order valence-electron chi connectivity index (χ2n) is 4.92. The molecule has 4 heteroatoms. The Morgan fingerprint density at radius 1 is 1.10 bits per heavy atom. The maximum atomic E-state index is 11.8. The number of aromatic nitrogens is 1. The van der Waals surface area contributed by atoms with Crippen LogP contribution in [0.2, 0.25) is 0 Å². The summed E-state index contributed by atoms with van der Waals surface area (Å²) in [7, 11) is 0. The monoisotopic (exact) mass is 269 g/mol. The van der Waals surface area contributed by atoms with Gasteiger partial charge in [0, 0.05) is 24.6 Å². The Bertz CT molecular complexity index is 585. The fourth-order valence-corrected chi connectivity index (χ4v) is 2.27. The third-order valence-electron chi connectivity index (χ3n) is 3.20. The summed E-state index contributed by atoms with van der Waals surface area (Å²) < 4.78 is 0. The quantitative estimate of drug-likeness (QED) is 0.898. The minimum Gasteiger partial charge on any atom is -0.334 e. The Hall–Kier alpha value is -2.36. The van der Waals surface area contributed by atoms with Crippen LogP contribution < -0.4 is 10.6 Å². The van der Waals surface area contributed by atoms with Gasteiger partial charge in [0.05, 0.1) is 0 Å². The molecule has 20 heavy (non-hydrogen) atoms. The van der Waals surface area contributed by atoms with E-state index in [1.165, 1.54) is 22.3 Å². The third-order valence-corrected chi connectivity index (χ3v) is 3.20. The zero-order valence-corrected chi connectivity index (χ0v) is 12.0. The number of nitrogens with one attached hydrogen (secondary N) is 2. The van der Waals surface area contributed by atoms with Gasteiger partial charge >= 0.3 is 6.03 Å². The summed E-state index contributed by atoms with van der Waals surface area (Å²) in [5.74, 6) is 0. The molecule has 0 spiro atoms. The second kappa shape index (κ2) is 6.19. The van der Waals surface area contributed by atoms with E-state index >= 15 is 0 Å². The largest absolute Gasteiger partial charge is 0.334 e. The topological polar surface area (TPSA) is 54.0 Å². The molecule has 0 radical (unpaired) electrons. The van der Waals surface area contributed by atoms with Gasteiger partial charge in [0.2, 0.25) is 0 Å². The van der Waals surface area contributed by atoms with Crippen LogP contribution in [0, 0.1) is 20.8 Å². The molecular weight excluding hydrogens is 250 g/mol. The number of benzene rings is 1. The maximum Gasteiger partial charge on any atom is 0.319 e. The summed E-state index contributed by atoms with van der Waals surface area (Å²) in [6, 6.07) is 7.55. The first-order valence-corrected chi connectivity index (χ1v) is 6.58. The number of anilines is 1. The van der Waals surface area contributed by atoms with E-state index < -0.39 is 0 Å². The molecule has 104 valence electrons. The number of hydrogen-bond acceptors (Lipinski definition) is 2. The number of nitrogens with zero attached hydrogens (tertiary/aromatic N) is 1. The number of aryl methyl sites for hydroxylation is 3. The predicted octanol–water partition coefficient (Wildman–Crippen LogP) is 3.33. The van der Waals surface area contributed by atoms with E-state index in [9.17, 15) is 4.79 Å². The van der Waals surface area contributed by atoms with Crippen molar-refractivity contribution in [1.29, 1.82) is 0 Å². The van der Waals surface area contributed by atoms with Crippen molar-refractivity contribution in [2.24, 2.45) is 0 Å². The van der Waals surface area contributed by atoms with E-state index in [0.717, 1.165) is 5.69 Å². The molecule has 0 saturated heterocycles. The van der Waals surface area contributed by atoms with Crippen LogP contribution in [-0.2, 0) is 6.54 Å². The van der Waals surface area contributed by atoms with Crippen LogP contribution in [0.1, 0.15) is 22.3 Å². The van der Waals surface area contributed by atoms with Gasteiger partial charge in [-0.3, -0.25) is 4.98 Å². The zero-order valence-electron chi connectivity index (χ0n) is 12.0. The van der Waals surface area contributed by atoms with Crippen molar-refractivity contribution in [2.45, 2.75) is 27.3 Å². The minimum absolute atomic E-state index is 0.212. The van der Waals surface area contributed by atoms with E-state index in [-0.39, 0.29) is 6.03 Å². The first-order chi connectivity index (χ1) is 9.56. The minimum atomic E-state index is -0.212. The van der Waals surface area contributed by atoms with Gasteiger partial charge in [0.25, 0.3) is 0 Å². The molecule has 4 nitrogen and oxygen atoms in total. The number of rotatable bonds is 3. The van der Waals surface area contributed by atoms with Gasteiger partial charge in [-0.25, -0.2) is 4.79 Å². The zero-order chi connectivity index (χ0) is 14.5. The number of carbonyl (C=O) groups is 1. The number of urea groups is 1. The molecule has 0 saturated carbocycles. The molecule has 2 N–H and O–H groups in total. The summed E-state index contributed by atoms with van der Waals surface area (Å²) in [5.41, 5.74) is 5.54. The highest BCUT2D eigenvalue weighted by atomic mass is 16.2. The summed E-state index contributed by atoms with van der Waals surface area (Å²) in [6.45, 7) is 6.73. The van der Waals surface area contributed by atoms with E-state index in [0.29, 0.717) is 6.54 Å². The molecule has 0 atom stereocenters. The van der Waals surface area contributed by atoms with Crippen molar-refractivity contribution in [3.05, 3.63) is 58.9 Å². The maximum absolute atomic E-state index is 11.8. The van der Waals surface area contributed by atoms with Crippen LogP contribution in [0.5, 0.6) is 0 Å². The van der Waals surface area contributed by atoms with Crippen molar-refractivity contribution in [2.75, 3.05) is 5.32 Å². The lowest BCUT2D eigenvalue weighted by Gasteiger charge is -2.13. The van der Waals surface area contributed by atoms with Crippen molar-refractivity contribution < 1.29 is 4.79 Å². The number of pyridine rings is 1. The van der Waals surface area contributed by atoms with Crippen molar-refractivity contribution >= 4 is 11.7 Å². The highest BCUT2D eigenvalue weighted by Crippen LogP contribution is 2.16. The van der Waals surface area contributed by atoms with Crippen molar-refractivity contribution in [3.8, 4) is 0 Å². The average molecular weight is 269 g/mol. The van der Waals surface area contributed by atoms with Crippen LogP contribution in [0.15, 0.2) is 36.7 Å². The smallest absolute Gasteiger partial charge is 0.319 e. The Kier molecular flexibility index (Phi) is 4.35. The normalized spacial score (nSPS) is 10.2. The standard InChI is InChI=1S/C16H19N3O/c1-11-8-12(2)15(13(3)9-11)10-18-16(20)19-14-4-6-17-7-5-14/h4-9H,10H2,1-3H3,(H2,17,18,19,20). The van der Waals surface area contributed by atoms with Gasteiger partial charge in [-0.05, 0) is 49.6 Å². The van der Waals surface area contributed by atoms with Gasteiger partial charge < -0.3 is 10.6 Å². The SMILES string of the molecule is Cc1cc(C)c(CNC(=O)Nc2ccncc2)c(C)c1. The Labute approximate surface area is 119 Å². The first-order valence-electron chi connectivity index (χ1n) is 6.58. The fourth-order valence-electron chi connectivity index (χ4n) is 2.27. The molecule has 0 aliphatic carbocycles. The highest BCUT2D eigenvalue weighted by molar-refractivity contribution is 5.89. The number of carbonyl (C=O) groups excluding carboxylic acids is 1. The molecular formula is C16H19N3O. The Morgan fingerprint density at radius 2 is 1.70 bits per heavy atom. The van der Waals surface area contributed by atoms with Gasteiger partial charge in [0.1, 0.15) is 0 Å². The van der Waals surface area contributed by atoms with Crippen LogP contribution in [0.4, 0.5) is 10.5 Å². The molecule has 0 aliphatic rings. The van der Waals surface area contributed by atoms with Crippen LogP contribution in [-0.4, -0.2) is 11.0 Å². The third kappa shape index (κ3) is 3.57. The van der Waals surface area contributed by atoms with Crippen LogP contribution >= 0.6 is 0 Å². The summed E-state index contributed by atoms with van der Waals surface area (Å²) >= 11 is 0. The highest BCUT2D eigenvalue weighted by Gasteiger charge is 2.06. The van der Waals surface area contributed by atoms with Crippen LogP contribution in [0.25, 0.3) is 0 Å². The Morgan fingerprint density at radius 3 is 2.30 bits per heavy atom. The van der Waals surface area contributed by atoms with E-state index in [1.54, 1.807) is 24.5 Å². The summed E-state index contributed by atoms with van der Waals surface area (Å²) in [4.78, 5) is 15.7. The van der Waals surface area contributed by atoms with Gasteiger partial charge in [-0.1, -0.05) is 17.7 Å². The van der Waals surface area contributed by atoms with E-state index in [1.807, 2.05) is 0 Å². The van der Waals surface area contributed by atoms with Gasteiger partial charge in [0.15, 0.2) is 0 Å². The molecule has 2 amide bonds. The molecule has 0 unspecified atom stereocenters. The van der Waals surface area contributed by atoms with Crippen molar-refractivity contribution in [3.63, 3.8) is 0 Å². The first kappa shape index (κ1) is 14.1. The lowest BCUT2D eigenvalue weighted by Crippen LogP contribution is -2.28. The van der Waals surface area contributed by atoms with Gasteiger partial charge in [-0.15, -0.1) is 0 Å². The molecule has 2 aromatic rings. The fraction of sp³-hybridized carbons (Fsp3) is 0.250. The summed E-state index contributed by atoms with van der Waals surface area (Å²) in [6.07, 6.45) is 3.29. The molecule has 0 bridgehead atoms. The molecule has 1 heterocycles. The molecule has 2 rings (SSSR count). The lowest BCUT2D eigenvalue weighted by atomic mass is 10.00. The molecule has 0 fully saturated rings. The van der Waals surface area contributed by atoms with Crippen molar-refractivity contribution in [1.82, 2.24) is 10.3 Å². The Balaban J connectivity index is 1.97. The molecule has 1 aromatic carbocycles. The summed E-state index contributed by atoms with van der Waals surface area (Å²) in [5, 5.41) is 5.65. The van der Waals surface area contributed by atoms with Gasteiger partial charge in [-0.2, -0.15) is 0 Å². The molecule has 0 aliphatic heterocycles. The van der Waals surface area contributed by atoms with E-state index in [4.69, 9.17) is 0 Å². The lowest BCUT2D eigenvalue weighted by molar-refractivity contribution is 0.251. The van der Waals surface area contributed by atoms with E-state index in [2.05, 4.69) is 48.5 Å². The average Bonchev–Trinajstić information content (AvgIpc) is 2.38. The predicted molar refractivity (Wildman–Crippen MR) is 80.7 cm³/mol.